The molecule has 1 fully saturated rings. The molecule has 0 aliphatic carbocycles. The third-order valence-corrected chi connectivity index (χ3v) is 4.11. The Morgan fingerprint density at radius 1 is 1.62 bits per heavy atom. The van der Waals surface area contributed by atoms with Crippen molar-refractivity contribution < 1.29 is 0 Å². The van der Waals surface area contributed by atoms with Gasteiger partial charge in [0.2, 0.25) is 0 Å². The Labute approximate surface area is 109 Å². The smallest absolute Gasteiger partial charge is 0.143 e. The standard InChI is InChI=1S/C11H15BrClN3/c1-14-8-3-2-4-16(7-8)9-5-10(12)11(13)15-6-9/h5-6,8,14H,2-4,7H2,1H3. The van der Waals surface area contributed by atoms with Crippen molar-refractivity contribution in [2.45, 2.75) is 18.9 Å². The van der Waals surface area contributed by atoms with Crippen molar-refractivity contribution in [2.24, 2.45) is 0 Å². The fourth-order valence-corrected chi connectivity index (χ4v) is 2.47. The molecular formula is C11H15BrClN3. The van der Waals surface area contributed by atoms with E-state index in [-0.39, 0.29) is 0 Å². The number of hydrogen-bond donors (Lipinski definition) is 1. The highest BCUT2D eigenvalue weighted by Gasteiger charge is 2.19. The fourth-order valence-electron chi connectivity index (χ4n) is 2.03. The van der Waals surface area contributed by atoms with E-state index in [2.05, 4.69) is 31.1 Å². The summed E-state index contributed by atoms with van der Waals surface area (Å²) < 4.78 is 0.859. The summed E-state index contributed by atoms with van der Waals surface area (Å²) in [6.07, 6.45) is 4.30. The predicted octanol–water partition coefficient (Wildman–Crippen LogP) is 2.69. The first-order valence-corrected chi connectivity index (χ1v) is 6.61. The van der Waals surface area contributed by atoms with Crippen LogP contribution in [-0.2, 0) is 0 Å². The van der Waals surface area contributed by atoms with E-state index < -0.39 is 0 Å². The molecule has 2 heterocycles. The molecule has 1 N–H and O–H groups in total. The largest absolute Gasteiger partial charge is 0.369 e. The van der Waals surface area contributed by atoms with Crippen molar-refractivity contribution in [3.63, 3.8) is 0 Å². The summed E-state index contributed by atoms with van der Waals surface area (Å²) in [7, 11) is 2.02. The number of hydrogen-bond acceptors (Lipinski definition) is 3. The minimum absolute atomic E-state index is 0.519. The van der Waals surface area contributed by atoms with Gasteiger partial charge in [-0.05, 0) is 41.9 Å². The van der Waals surface area contributed by atoms with Gasteiger partial charge in [-0.1, -0.05) is 11.6 Å². The zero-order chi connectivity index (χ0) is 11.5. The maximum absolute atomic E-state index is 5.89. The third kappa shape index (κ3) is 2.67. The minimum atomic E-state index is 0.519. The molecule has 88 valence electrons. The van der Waals surface area contributed by atoms with Crippen LogP contribution in [-0.4, -0.2) is 31.2 Å². The number of aromatic nitrogens is 1. The van der Waals surface area contributed by atoms with Crippen LogP contribution < -0.4 is 10.2 Å². The Morgan fingerprint density at radius 3 is 3.12 bits per heavy atom. The molecule has 1 atom stereocenters. The van der Waals surface area contributed by atoms with E-state index in [1.165, 1.54) is 12.8 Å². The van der Waals surface area contributed by atoms with Crippen molar-refractivity contribution in [1.29, 1.82) is 0 Å². The molecule has 0 aromatic carbocycles. The lowest BCUT2D eigenvalue weighted by atomic mass is 10.1. The van der Waals surface area contributed by atoms with Crippen molar-refractivity contribution in [2.75, 3.05) is 25.0 Å². The molecule has 1 aromatic heterocycles. The van der Waals surface area contributed by atoms with Crippen LogP contribution in [0.5, 0.6) is 0 Å². The fraction of sp³-hybridized carbons (Fsp3) is 0.545. The molecule has 5 heteroatoms. The number of anilines is 1. The van der Waals surface area contributed by atoms with Gasteiger partial charge in [0, 0.05) is 19.1 Å². The molecule has 0 spiro atoms. The van der Waals surface area contributed by atoms with Crippen LogP contribution in [0.25, 0.3) is 0 Å². The zero-order valence-corrected chi connectivity index (χ0v) is 11.6. The molecule has 1 unspecified atom stereocenters. The number of halogens is 2. The first-order chi connectivity index (χ1) is 7.70. The van der Waals surface area contributed by atoms with E-state index in [1.54, 1.807) is 0 Å². The van der Waals surface area contributed by atoms with Crippen molar-refractivity contribution in [1.82, 2.24) is 10.3 Å². The van der Waals surface area contributed by atoms with Crippen molar-refractivity contribution in [3.8, 4) is 0 Å². The Bertz CT molecular complexity index is 372. The normalized spacial score (nSPS) is 21.2. The summed E-state index contributed by atoms with van der Waals surface area (Å²) in [5, 5.41) is 3.85. The van der Waals surface area contributed by atoms with E-state index >= 15 is 0 Å². The number of piperidine rings is 1. The number of likely N-dealkylation sites (N-methyl/N-ethyl adjacent to an activating group) is 1. The number of nitrogens with zero attached hydrogens (tertiary/aromatic N) is 2. The van der Waals surface area contributed by atoms with E-state index in [4.69, 9.17) is 11.6 Å². The predicted molar refractivity (Wildman–Crippen MR) is 71.2 cm³/mol. The van der Waals surface area contributed by atoms with Gasteiger partial charge in [0.05, 0.1) is 16.4 Å². The van der Waals surface area contributed by atoms with Crippen LogP contribution >= 0.6 is 27.5 Å². The molecule has 3 nitrogen and oxygen atoms in total. The topological polar surface area (TPSA) is 28.2 Å². The van der Waals surface area contributed by atoms with Crippen LogP contribution in [0.1, 0.15) is 12.8 Å². The Kier molecular flexibility index (Phi) is 4.05. The lowest BCUT2D eigenvalue weighted by Crippen LogP contribution is -2.44. The van der Waals surface area contributed by atoms with Crippen LogP contribution in [0.4, 0.5) is 5.69 Å². The minimum Gasteiger partial charge on any atom is -0.369 e. The molecule has 1 aliphatic heterocycles. The van der Waals surface area contributed by atoms with Crippen LogP contribution in [0, 0.1) is 0 Å². The highest BCUT2D eigenvalue weighted by Crippen LogP contribution is 2.26. The quantitative estimate of drug-likeness (QED) is 0.852. The van der Waals surface area contributed by atoms with Gasteiger partial charge < -0.3 is 10.2 Å². The molecule has 1 saturated heterocycles. The third-order valence-electron chi connectivity index (χ3n) is 2.98. The van der Waals surface area contributed by atoms with Crippen molar-refractivity contribution in [3.05, 3.63) is 21.9 Å². The van der Waals surface area contributed by atoms with Gasteiger partial charge in [-0.25, -0.2) is 4.98 Å². The highest BCUT2D eigenvalue weighted by atomic mass is 79.9. The summed E-state index contributed by atoms with van der Waals surface area (Å²) in [4.78, 5) is 6.51. The van der Waals surface area contributed by atoms with Gasteiger partial charge in [-0.15, -0.1) is 0 Å². The zero-order valence-electron chi connectivity index (χ0n) is 9.21. The van der Waals surface area contributed by atoms with E-state index in [9.17, 15) is 0 Å². The average molecular weight is 305 g/mol. The van der Waals surface area contributed by atoms with E-state index in [0.717, 1.165) is 23.2 Å². The highest BCUT2D eigenvalue weighted by molar-refractivity contribution is 9.10. The first kappa shape index (κ1) is 12.1. The molecule has 0 saturated carbocycles. The summed E-state index contributed by atoms with van der Waals surface area (Å²) >= 11 is 9.29. The maximum atomic E-state index is 5.89. The van der Waals surface area contributed by atoms with Gasteiger partial charge >= 0.3 is 0 Å². The summed E-state index contributed by atoms with van der Waals surface area (Å²) in [5.41, 5.74) is 1.14. The second-order valence-corrected chi connectivity index (χ2v) is 5.25. The summed E-state index contributed by atoms with van der Waals surface area (Å²) in [6, 6.07) is 2.61. The first-order valence-electron chi connectivity index (χ1n) is 5.44. The summed E-state index contributed by atoms with van der Waals surface area (Å²) in [6.45, 7) is 2.13. The Balaban J connectivity index is 2.13. The van der Waals surface area contributed by atoms with Crippen molar-refractivity contribution >= 4 is 33.2 Å². The lowest BCUT2D eigenvalue weighted by Gasteiger charge is -2.34. The number of rotatable bonds is 2. The number of nitrogens with one attached hydrogen (secondary N) is 1. The molecule has 16 heavy (non-hydrogen) atoms. The molecular weight excluding hydrogens is 289 g/mol. The van der Waals surface area contributed by atoms with Crippen LogP contribution in [0.3, 0.4) is 0 Å². The monoisotopic (exact) mass is 303 g/mol. The molecule has 1 aliphatic rings. The molecule has 2 rings (SSSR count). The summed E-state index contributed by atoms with van der Waals surface area (Å²) in [5.74, 6) is 0. The average Bonchev–Trinajstić information content (AvgIpc) is 2.33. The molecule has 0 amide bonds. The molecule has 0 radical (unpaired) electrons. The van der Waals surface area contributed by atoms with Gasteiger partial charge in [0.15, 0.2) is 0 Å². The SMILES string of the molecule is CNC1CCCN(c2cnc(Cl)c(Br)c2)C1. The number of pyridine rings is 1. The van der Waals surface area contributed by atoms with Gasteiger partial charge in [0.25, 0.3) is 0 Å². The molecule has 0 bridgehead atoms. The maximum Gasteiger partial charge on any atom is 0.143 e. The molecule has 1 aromatic rings. The lowest BCUT2D eigenvalue weighted by molar-refractivity contribution is 0.449. The van der Waals surface area contributed by atoms with Crippen LogP contribution in [0.2, 0.25) is 5.15 Å². The van der Waals surface area contributed by atoms with Crippen LogP contribution in [0.15, 0.2) is 16.7 Å². The second-order valence-electron chi connectivity index (χ2n) is 4.04. The van der Waals surface area contributed by atoms with E-state index in [0.29, 0.717) is 11.2 Å². The van der Waals surface area contributed by atoms with Gasteiger partial charge in [-0.2, -0.15) is 0 Å². The van der Waals surface area contributed by atoms with Gasteiger partial charge in [-0.3, -0.25) is 0 Å². The van der Waals surface area contributed by atoms with E-state index in [1.807, 2.05) is 19.3 Å². The Hall–Kier alpha value is -0.320. The Morgan fingerprint density at radius 2 is 2.44 bits per heavy atom. The van der Waals surface area contributed by atoms with Gasteiger partial charge in [0.1, 0.15) is 5.15 Å². The second kappa shape index (κ2) is 5.34.